The van der Waals surface area contributed by atoms with E-state index in [1.54, 1.807) is 0 Å². The minimum absolute atomic E-state index is 0.131. The molecule has 1 rings (SSSR count). The van der Waals surface area contributed by atoms with Crippen molar-refractivity contribution in [3.63, 3.8) is 0 Å². The van der Waals surface area contributed by atoms with Crippen molar-refractivity contribution < 1.29 is 14.6 Å². The topological polar surface area (TPSA) is 106 Å². The Morgan fingerprint density at radius 3 is 3.00 bits per heavy atom. The number of nitrogens with one attached hydrogen (secondary N) is 2. The Labute approximate surface area is 82.0 Å². The number of anilines is 1. The summed E-state index contributed by atoms with van der Waals surface area (Å²) in [5, 5.41) is 12.5. The fraction of sp³-hybridized carbons (Fsp3) is 0.200. The molecular weight excluding hydrogens is 212 g/mol. The highest BCUT2D eigenvalue weighted by Gasteiger charge is 2.12. The standard InChI is InChI=1S/C5H6N4O4S/c1-13-8-4(10)7-5-6-2-3(14-5)9(11)12/h2H,1H3,(H2,6,7,8,10). The number of urea groups is 1. The van der Waals surface area contributed by atoms with E-state index in [-0.39, 0.29) is 10.1 Å². The Morgan fingerprint density at radius 2 is 2.50 bits per heavy atom. The van der Waals surface area contributed by atoms with Crippen LogP contribution >= 0.6 is 11.3 Å². The predicted octanol–water partition coefficient (Wildman–Crippen LogP) is 0.734. The number of nitrogens with zero attached hydrogens (tertiary/aromatic N) is 2. The minimum Gasteiger partial charge on any atom is -0.282 e. The van der Waals surface area contributed by atoms with Gasteiger partial charge in [0.1, 0.15) is 6.20 Å². The Hall–Kier alpha value is -1.74. The van der Waals surface area contributed by atoms with Crippen molar-refractivity contribution in [3.05, 3.63) is 16.3 Å². The first-order chi connectivity index (χ1) is 6.63. The second-order valence-corrected chi connectivity index (χ2v) is 3.03. The molecule has 8 nitrogen and oxygen atoms in total. The van der Waals surface area contributed by atoms with Gasteiger partial charge in [-0.3, -0.25) is 20.3 Å². The maximum absolute atomic E-state index is 10.8. The van der Waals surface area contributed by atoms with E-state index in [0.29, 0.717) is 0 Å². The molecule has 0 spiro atoms. The zero-order valence-electron chi connectivity index (χ0n) is 7.01. The third-order valence-electron chi connectivity index (χ3n) is 1.09. The zero-order valence-corrected chi connectivity index (χ0v) is 7.83. The van der Waals surface area contributed by atoms with Crippen LogP contribution in [0.3, 0.4) is 0 Å². The number of hydroxylamine groups is 1. The minimum atomic E-state index is -0.642. The Morgan fingerprint density at radius 1 is 1.79 bits per heavy atom. The van der Waals surface area contributed by atoms with Crippen LogP contribution in [0.1, 0.15) is 0 Å². The molecule has 0 aliphatic heterocycles. The van der Waals surface area contributed by atoms with Crippen LogP contribution in [0.5, 0.6) is 0 Å². The highest BCUT2D eigenvalue weighted by molar-refractivity contribution is 7.18. The van der Waals surface area contributed by atoms with Crippen LogP contribution in [-0.2, 0) is 4.84 Å². The summed E-state index contributed by atoms with van der Waals surface area (Å²) in [4.78, 5) is 28.4. The average Bonchev–Trinajstić information content (AvgIpc) is 2.53. The average molecular weight is 218 g/mol. The van der Waals surface area contributed by atoms with Crippen molar-refractivity contribution in [3.8, 4) is 0 Å². The molecule has 0 aliphatic carbocycles. The summed E-state index contributed by atoms with van der Waals surface area (Å²) in [6.07, 6.45) is 1.06. The molecule has 1 heterocycles. The monoisotopic (exact) mass is 218 g/mol. The molecule has 0 unspecified atom stereocenters. The number of amides is 2. The number of hydrogen-bond acceptors (Lipinski definition) is 6. The van der Waals surface area contributed by atoms with Gasteiger partial charge < -0.3 is 0 Å². The molecule has 1 aromatic rings. The van der Waals surface area contributed by atoms with Gasteiger partial charge in [-0.1, -0.05) is 0 Å². The van der Waals surface area contributed by atoms with E-state index in [0.717, 1.165) is 17.5 Å². The number of carbonyl (C=O) groups is 1. The number of aromatic nitrogens is 1. The van der Waals surface area contributed by atoms with Crippen molar-refractivity contribution in [2.24, 2.45) is 0 Å². The summed E-state index contributed by atoms with van der Waals surface area (Å²) in [6, 6.07) is -0.642. The zero-order chi connectivity index (χ0) is 10.6. The lowest BCUT2D eigenvalue weighted by Crippen LogP contribution is -2.27. The summed E-state index contributed by atoms with van der Waals surface area (Å²) in [5.41, 5.74) is 1.98. The van der Waals surface area contributed by atoms with Crippen LogP contribution in [0.2, 0.25) is 0 Å². The molecule has 0 aromatic carbocycles. The van der Waals surface area contributed by atoms with Crippen molar-refractivity contribution in [2.75, 3.05) is 12.4 Å². The predicted molar refractivity (Wildman–Crippen MR) is 47.9 cm³/mol. The fourth-order valence-electron chi connectivity index (χ4n) is 0.623. The lowest BCUT2D eigenvalue weighted by Gasteiger charge is -1.99. The molecule has 76 valence electrons. The van der Waals surface area contributed by atoms with Gasteiger partial charge in [-0.05, 0) is 11.3 Å². The molecule has 0 atom stereocenters. The third-order valence-corrected chi connectivity index (χ3v) is 1.95. The van der Waals surface area contributed by atoms with E-state index in [1.807, 2.05) is 5.48 Å². The molecule has 0 saturated carbocycles. The Bertz CT molecular complexity index is 351. The van der Waals surface area contributed by atoms with Crippen LogP contribution in [-0.4, -0.2) is 23.0 Å². The largest absolute Gasteiger partial charge is 0.345 e. The molecule has 2 amide bonds. The Kier molecular flexibility index (Phi) is 3.31. The number of rotatable bonds is 3. The van der Waals surface area contributed by atoms with Crippen molar-refractivity contribution in [1.29, 1.82) is 0 Å². The van der Waals surface area contributed by atoms with E-state index < -0.39 is 11.0 Å². The van der Waals surface area contributed by atoms with Crippen molar-refractivity contribution in [1.82, 2.24) is 10.5 Å². The van der Waals surface area contributed by atoms with Gasteiger partial charge in [-0.25, -0.2) is 15.3 Å². The number of nitro groups is 1. The number of carbonyl (C=O) groups excluding carboxylic acids is 1. The Balaban J connectivity index is 2.59. The quantitative estimate of drug-likeness (QED) is 0.574. The molecule has 9 heteroatoms. The van der Waals surface area contributed by atoms with Gasteiger partial charge in [0.2, 0.25) is 0 Å². The van der Waals surface area contributed by atoms with Gasteiger partial charge in [0.05, 0.1) is 12.0 Å². The first kappa shape index (κ1) is 10.3. The first-order valence-electron chi connectivity index (χ1n) is 3.33. The first-order valence-corrected chi connectivity index (χ1v) is 4.15. The summed E-state index contributed by atoms with van der Waals surface area (Å²) in [6.45, 7) is 0. The van der Waals surface area contributed by atoms with E-state index in [9.17, 15) is 14.9 Å². The molecular formula is C5H6N4O4S. The van der Waals surface area contributed by atoms with Crippen LogP contribution in [0.4, 0.5) is 14.9 Å². The fourth-order valence-corrected chi connectivity index (χ4v) is 1.25. The molecule has 0 bridgehead atoms. The lowest BCUT2D eigenvalue weighted by atomic mass is 10.9. The summed E-state index contributed by atoms with van der Waals surface area (Å²) >= 11 is 0.757. The van der Waals surface area contributed by atoms with E-state index in [1.165, 1.54) is 7.11 Å². The summed E-state index contributed by atoms with van der Waals surface area (Å²) < 4.78 is 0. The molecule has 0 aliphatic rings. The van der Waals surface area contributed by atoms with Crippen LogP contribution in [0.15, 0.2) is 6.20 Å². The lowest BCUT2D eigenvalue weighted by molar-refractivity contribution is -0.380. The maximum Gasteiger partial charge on any atom is 0.345 e. The van der Waals surface area contributed by atoms with E-state index >= 15 is 0 Å². The van der Waals surface area contributed by atoms with E-state index in [2.05, 4.69) is 15.1 Å². The molecule has 0 saturated heterocycles. The van der Waals surface area contributed by atoms with Crippen LogP contribution in [0, 0.1) is 10.1 Å². The summed E-state index contributed by atoms with van der Waals surface area (Å²) in [7, 11) is 1.27. The van der Waals surface area contributed by atoms with Gasteiger partial charge in [0, 0.05) is 0 Å². The number of thiazole rings is 1. The van der Waals surface area contributed by atoms with Gasteiger partial charge in [0.25, 0.3) is 0 Å². The van der Waals surface area contributed by atoms with Gasteiger partial charge >= 0.3 is 11.0 Å². The normalized spacial score (nSPS) is 9.50. The third kappa shape index (κ3) is 2.64. The highest BCUT2D eigenvalue weighted by Crippen LogP contribution is 2.24. The molecule has 0 radical (unpaired) electrons. The second-order valence-electron chi connectivity index (χ2n) is 2.02. The van der Waals surface area contributed by atoms with Gasteiger partial charge in [0.15, 0.2) is 5.13 Å². The molecule has 2 N–H and O–H groups in total. The molecule has 0 fully saturated rings. The highest BCUT2D eigenvalue weighted by atomic mass is 32.1. The van der Waals surface area contributed by atoms with Crippen LogP contribution in [0.25, 0.3) is 0 Å². The van der Waals surface area contributed by atoms with Gasteiger partial charge in [-0.15, -0.1) is 0 Å². The second kappa shape index (κ2) is 4.48. The van der Waals surface area contributed by atoms with Gasteiger partial charge in [-0.2, -0.15) is 0 Å². The van der Waals surface area contributed by atoms with Crippen molar-refractivity contribution >= 4 is 27.5 Å². The van der Waals surface area contributed by atoms with Crippen LogP contribution < -0.4 is 10.8 Å². The number of hydrogen-bond donors (Lipinski definition) is 2. The SMILES string of the molecule is CONC(=O)Nc1ncc([N+](=O)[O-])s1. The molecule has 14 heavy (non-hydrogen) atoms. The summed E-state index contributed by atoms with van der Waals surface area (Å²) in [5.74, 6) is 0. The smallest absolute Gasteiger partial charge is 0.282 e. The maximum atomic E-state index is 10.8. The van der Waals surface area contributed by atoms with E-state index in [4.69, 9.17) is 0 Å². The molecule has 1 aromatic heterocycles. The van der Waals surface area contributed by atoms with Crippen molar-refractivity contribution in [2.45, 2.75) is 0 Å².